The summed E-state index contributed by atoms with van der Waals surface area (Å²) in [6.07, 6.45) is 2.24. The van der Waals surface area contributed by atoms with Crippen LogP contribution in [0.5, 0.6) is 0 Å². The molecular weight excluding hydrogens is 348 g/mol. The molecule has 0 fully saturated rings. The van der Waals surface area contributed by atoms with Gasteiger partial charge in [-0.1, -0.05) is 48.6 Å². The third kappa shape index (κ3) is 3.85. The average molecular weight is 364 g/mol. The van der Waals surface area contributed by atoms with Crippen LogP contribution in [-0.4, -0.2) is 26.4 Å². The van der Waals surface area contributed by atoms with E-state index in [1.165, 1.54) is 15.9 Å². The van der Waals surface area contributed by atoms with Gasteiger partial charge in [-0.25, -0.2) is 4.79 Å². The van der Waals surface area contributed by atoms with Gasteiger partial charge >= 0.3 is 5.76 Å². The first-order valence-electron chi connectivity index (χ1n) is 7.52. The Labute approximate surface area is 146 Å². The molecule has 24 heavy (non-hydrogen) atoms. The highest BCUT2D eigenvalue weighted by atomic mass is 32.2. The molecule has 0 atom stereocenters. The maximum absolute atomic E-state index is 12.2. The van der Waals surface area contributed by atoms with Crippen LogP contribution in [-0.2, 0) is 11.3 Å². The summed E-state index contributed by atoms with van der Waals surface area (Å²) in [5.74, 6) is 0.0829. The minimum Gasteiger partial charge on any atom is -0.408 e. The Kier molecular flexibility index (Phi) is 5.31. The van der Waals surface area contributed by atoms with Gasteiger partial charge in [-0.05, 0) is 18.6 Å². The number of hydrogen-bond donors (Lipinski definition) is 1. The Morgan fingerprint density at radius 3 is 3.04 bits per heavy atom. The number of hydrogen-bond acceptors (Lipinski definition) is 7. The van der Waals surface area contributed by atoms with E-state index in [0.29, 0.717) is 16.2 Å². The van der Waals surface area contributed by atoms with Crippen LogP contribution in [0.3, 0.4) is 0 Å². The third-order valence-electron chi connectivity index (χ3n) is 3.25. The number of carbonyl (C=O) groups excluding carboxylic acids is 1. The molecule has 2 heterocycles. The number of fused-ring (bicyclic) bond motifs is 1. The Morgan fingerprint density at radius 1 is 1.38 bits per heavy atom. The molecule has 0 saturated heterocycles. The van der Waals surface area contributed by atoms with Crippen LogP contribution in [0.2, 0.25) is 0 Å². The van der Waals surface area contributed by atoms with E-state index in [1.807, 2.05) is 0 Å². The number of unbranched alkanes of at least 4 members (excludes halogenated alkanes) is 1. The van der Waals surface area contributed by atoms with Crippen LogP contribution < -0.4 is 11.1 Å². The summed E-state index contributed by atoms with van der Waals surface area (Å²) in [7, 11) is 0. The number of rotatable bonds is 7. The van der Waals surface area contributed by atoms with Crippen LogP contribution in [0.25, 0.3) is 11.1 Å². The molecule has 0 aliphatic carbocycles. The number of carbonyl (C=O) groups is 1. The molecule has 0 saturated carbocycles. The Bertz CT molecular complexity index is 899. The number of benzene rings is 1. The SMILES string of the molecule is CCCCSc1nnc(NC(=O)Cn2c(=O)oc3ccccc32)s1. The number of aromatic nitrogens is 3. The highest BCUT2D eigenvalue weighted by Gasteiger charge is 2.14. The van der Waals surface area contributed by atoms with Crippen molar-refractivity contribution in [1.82, 2.24) is 14.8 Å². The molecule has 1 N–H and O–H groups in total. The van der Waals surface area contributed by atoms with E-state index in [9.17, 15) is 9.59 Å². The lowest BCUT2D eigenvalue weighted by Crippen LogP contribution is -2.24. The van der Waals surface area contributed by atoms with Gasteiger partial charge in [0.15, 0.2) is 9.92 Å². The van der Waals surface area contributed by atoms with Crippen LogP contribution in [0.1, 0.15) is 19.8 Å². The minimum atomic E-state index is -0.556. The lowest BCUT2D eigenvalue weighted by molar-refractivity contribution is -0.116. The minimum absolute atomic E-state index is 0.131. The van der Waals surface area contributed by atoms with Crippen molar-refractivity contribution in [1.29, 1.82) is 0 Å². The number of oxazole rings is 1. The maximum atomic E-state index is 12.2. The van der Waals surface area contributed by atoms with Gasteiger partial charge in [-0.15, -0.1) is 10.2 Å². The third-order valence-corrected chi connectivity index (χ3v) is 5.31. The number of para-hydroxylation sites is 2. The van der Waals surface area contributed by atoms with Crippen molar-refractivity contribution in [3.05, 3.63) is 34.8 Å². The number of amides is 1. The van der Waals surface area contributed by atoms with Crippen LogP contribution in [0.15, 0.2) is 37.8 Å². The van der Waals surface area contributed by atoms with Crippen LogP contribution in [0.4, 0.5) is 5.13 Å². The zero-order valence-corrected chi connectivity index (χ0v) is 14.7. The van der Waals surface area contributed by atoms with Crippen molar-refractivity contribution in [3.63, 3.8) is 0 Å². The lowest BCUT2D eigenvalue weighted by atomic mass is 10.3. The number of nitrogens with one attached hydrogen (secondary N) is 1. The molecule has 1 amide bonds. The van der Waals surface area contributed by atoms with Gasteiger partial charge in [0.25, 0.3) is 0 Å². The second kappa shape index (κ2) is 7.63. The fourth-order valence-electron chi connectivity index (χ4n) is 2.09. The first-order chi connectivity index (χ1) is 11.7. The van der Waals surface area contributed by atoms with Gasteiger partial charge in [0.05, 0.1) is 5.52 Å². The normalized spacial score (nSPS) is 11.0. The van der Waals surface area contributed by atoms with Gasteiger partial charge in [-0.3, -0.25) is 14.7 Å². The van der Waals surface area contributed by atoms with Crippen molar-refractivity contribution in [2.75, 3.05) is 11.1 Å². The largest absolute Gasteiger partial charge is 0.420 e. The molecule has 2 aromatic heterocycles. The summed E-state index contributed by atoms with van der Waals surface area (Å²) < 4.78 is 7.23. The lowest BCUT2D eigenvalue weighted by Gasteiger charge is -2.01. The summed E-state index contributed by atoms with van der Waals surface area (Å²) in [5.41, 5.74) is 1.05. The summed E-state index contributed by atoms with van der Waals surface area (Å²) in [6, 6.07) is 6.99. The average Bonchev–Trinajstić information content (AvgIpc) is 3.13. The molecule has 7 nitrogen and oxygen atoms in total. The summed E-state index contributed by atoms with van der Waals surface area (Å²) in [4.78, 5) is 24.0. The standard InChI is InChI=1S/C15H16N4O3S2/c1-2-3-8-23-14-18-17-13(24-14)16-12(20)9-19-10-6-4-5-7-11(10)22-15(19)21/h4-7H,2-3,8-9H2,1H3,(H,16,17,20). The molecule has 0 bridgehead atoms. The predicted octanol–water partition coefficient (Wildman–Crippen LogP) is 2.98. The molecule has 3 aromatic rings. The Balaban J connectivity index is 1.65. The molecule has 3 rings (SSSR count). The molecule has 0 radical (unpaired) electrons. The van der Waals surface area contributed by atoms with E-state index in [2.05, 4.69) is 22.4 Å². The zero-order chi connectivity index (χ0) is 16.9. The fraction of sp³-hybridized carbons (Fsp3) is 0.333. The summed E-state index contributed by atoms with van der Waals surface area (Å²) in [6.45, 7) is 2.00. The van der Waals surface area contributed by atoms with E-state index >= 15 is 0 Å². The van der Waals surface area contributed by atoms with Gasteiger partial charge in [0.1, 0.15) is 6.54 Å². The highest BCUT2D eigenvalue weighted by molar-refractivity contribution is 8.01. The Hall–Kier alpha value is -2.13. The van der Waals surface area contributed by atoms with Crippen LogP contribution >= 0.6 is 23.1 Å². The molecular formula is C15H16N4O3S2. The second-order valence-electron chi connectivity index (χ2n) is 5.05. The first-order valence-corrected chi connectivity index (χ1v) is 9.32. The van der Waals surface area contributed by atoms with Gasteiger partial charge in [-0.2, -0.15) is 0 Å². The predicted molar refractivity (Wildman–Crippen MR) is 94.6 cm³/mol. The van der Waals surface area contributed by atoms with Crippen molar-refractivity contribution < 1.29 is 9.21 Å². The van der Waals surface area contributed by atoms with Crippen molar-refractivity contribution in [2.24, 2.45) is 0 Å². The van der Waals surface area contributed by atoms with E-state index < -0.39 is 5.76 Å². The zero-order valence-electron chi connectivity index (χ0n) is 13.0. The molecule has 9 heteroatoms. The van der Waals surface area contributed by atoms with E-state index in [0.717, 1.165) is 22.9 Å². The maximum Gasteiger partial charge on any atom is 0.420 e. The number of anilines is 1. The quantitative estimate of drug-likeness (QED) is 0.394. The fourth-order valence-corrected chi connectivity index (χ4v) is 4.01. The van der Waals surface area contributed by atoms with Crippen LogP contribution in [0, 0.1) is 0 Å². The van der Waals surface area contributed by atoms with E-state index in [4.69, 9.17) is 4.42 Å². The smallest absolute Gasteiger partial charge is 0.408 e. The molecule has 126 valence electrons. The van der Waals surface area contributed by atoms with Crippen molar-refractivity contribution in [3.8, 4) is 0 Å². The molecule has 1 aromatic carbocycles. The first kappa shape index (κ1) is 16.7. The highest BCUT2D eigenvalue weighted by Crippen LogP contribution is 2.26. The molecule has 0 spiro atoms. The molecule has 0 unspecified atom stereocenters. The number of nitrogens with zero attached hydrogens (tertiary/aromatic N) is 3. The van der Waals surface area contributed by atoms with Gasteiger partial charge in [0.2, 0.25) is 11.0 Å². The molecule has 0 aliphatic heterocycles. The van der Waals surface area contributed by atoms with Gasteiger partial charge in [0, 0.05) is 5.75 Å². The summed E-state index contributed by atoms with van der Waals surface area (Å²) >= 11 is 2.96. The van der Waals surface area contributed by atoms with E-state index in [-0.39, 0.29) is 12.5 Å². The topological polar surface area (TPSA) is 90.0 Å². The number of thioether (sulfide) groups is 1. The molecule has 0 aliphatic rings. The van der Waals surface area contributed by atoms with Gasteiger partial charge < -0.3 is 4.42 Å². The second-order valence-corrected chi connectivity index (χ2v) is 7.36. The Morgan fingerprint density at radius 2 is 2.21 bits per heavy atom. The van der Waals surface area contributed by atoms with Crippen molar-refractivity contribution in [2.45, 2.75) is 30.6 Å². The van der Waals surface area contributed by atoms with Crippen molar-refractivity contribution >= 4 is 45.2 Å². The summed E-state index contributed by atoms with van der Waals surface area (Å²) in [5, 5.41) is 11.1. The van der Waals surface area contributed by atoms with E-state index in [1.54, 1.807) is 36.0 Å². The monoisotopic (exact) mass is 364 g/mol.